The maximum atomic E-state index is 12.3. The highest BCUT2D eigenvalue weighted by Crippen LogP contribution is 2.26. The van der Waals surface area contributed by atoms with Crippen LogP contribution in [0.4, 0.5) is 13.2 Å². The van der Waals surface area contributed by atoms with Gasteiger partial charge in [0.2, 0.25) is 11.8 Å². The number of nitrogens with zero attached hydrogens (tertiary/aromatic N) is 4. The van der Waals surface area contributed by atoms with E-state index in [1.807, 2.05) is 52.8 Å². The van der Waals surface area contributed by atoms with Gasteiger partial charge in [0.1, 0.15) is 11.8 Å². The summed E-state index contributed by atoms with van der Waals surface area (Å²) >= 11 is 0. The molecule has 0 bridgehead atoms. The second kappa shape index (κ2) is 11.2. The van der Waals surface area contributed by atoms with Crippen LogP contribution in [0, 0.1) is 0 Å². The van der Waals surface area contributed by atoms with Gasteiger partial charge in [-0.05, 0) is 24.6 Å². The number of aliphatic carboxylic acids is 1. The molecule has 0 aromatic carbocycles. The van der Waals surface area contributed by atoms with Gasteiger partial charge in [0.15, 0.2) is 0 Å². The fourth-order valence-electron chi connectivity index (χ4n) is 3.50. The summed E-state index contributed by atoms with van der Waals surface area (Å²) in [6.45, 7) is 3.74. The van der Waals surface area contributed by atoms with E-state index in [1.54, 1.807) is 13.3 Å². The fourth-order valence-corrected chi connectivity index (χ4v) is 3.50. The molecular formula is C23H25F3N4O5. The molecule has 4 heterocycles. The summed E-state index contributed by atoms with van der Waals surface area (Å²) in [5.74, 6) is -1.99. The van der Waals surface area contributed by atoms with Gasteiger partial charge in [-0.3, -0.25) is 9.20 Å². The van der Waals surface area contributed by atoms with Gasteiger partial charge in [-0.25, -0.2) is 14.8 Å². The first-order valence-electron chi connectivity index (χ1n) is 10.8. The Kier molecular flexibility index (Phi) is 8.28. The fraction of sp³-hybridized carbons (Fsp3) is 0.391. The summed E-state index contributed by atoms with van der Waals surface area (Å²) < 4.78 is 44.8. The molecule has 0 saturated carbocycles. The van der Waals surface area contributed by atoms with Gasteiger partial charge in [0.05, 0.1) is 31.6 Å². The molecule has 9 nitrogen and oxygen atoms in total. The van der Waals surface area contributed by atoms with Crippen LogP contribution in [0.1, 0.15) is 31.6 Å². The second-order valence-electron chi connectivity index (χ2n) is 7.65. The minimum atomic E-state index is -5.08. The molecule has 0 aliphatic carbocycles. The van der Waals surface area contributed by atoms with Crippen LogP contribution in [-0.4, -0.2) is 69.2 Å². The Labute approximate surface area is 199 Å². The molecule has 4 rings (SSSR count). The van der Waals surface area contributed by atoms with Gasteiger partial charge in [0.25, 0.3) is 0 Å². The van der Waals surface area contributed by atoms with Gasteiger partial charge in [-0.2, -0.15) is 13.2 Å². The van der Waals surface area contributed by atoms with Gasteiger partial charge in [-0.15, -0.1) is 0 Å². The second-order valence-corrected chi connectivity index (χ2v) is 7.65. The number of alkyl halides is 3. The minimum Gasteiger partial charge on any atom is -0.481 e. The van der Waals surface area contributed by atoms with Crippen molar-refractivity contribution < 1.29 is 37.3 Å². The average Bonchev–Trinajstić information content (AvgIpc) is 3.29. The predicted octanol–water partition coefficient (Wildman–Crippen LogP) is 3.74. The van der Waals surface area contributed by atoms with Crippen molar-refractivity contribution in [3.05, 3.63) is 48.4 Å². The molecule has 3 aromatic rings. The average molecular weight is 494 g/mol. The molecule has 35 heavy (non-hydrogen) atoms. The molecule has 188 valence electrons. The lowest BCUT2D eigenvalue weighted by Crippen LogP contribution is -2.42. The van der Waals surface area contributed by atoms with Gasteiger partial charge < -0.3 is 19.5 Å². The smallest absolute Gasteiger partial charge is 0.481 e. The van der Waals surface area contributed by atoms with E-state index in [2.05, 4.69) is 4.98 Å². The highest BCUT2D eigenvalue weighted by atomic mass is 19.4. The molecule has 1 fully saturated rings. The number of carboxylic acids is 1. The van der Waals surface area contributed by atoms with E-state index >= 15 is 0 Å². The zero-order chi connectivity index (χ0) is 25.6. The first kappa shape index (κ1) is 25.9. The summed E-state index contributed by atoms with van der Waals surface area (Å²) in [5, 5.41) is 7.12. The summed E-state index contributed by atoms with van der Waals surface area (Å²) in [6.07, 6.45) is -0.0829. The Morgan fingerprint density at radius 3 is 2.60 bits per heavy atom. The number of methoxy groups -OCH3 is 1. The normalized spacial score (nSPS) is 15.9. The number of ether oxygens (including phenoxy) is 2. The largest absolute Gasteiger partial charge is 0.490 e. The number of carboxylic acid groups (broad SMARTS) is 1. The zero-order valence-electron chi connectivity index (χ0n) is 19.2. The number of rotatable bonds is 5. The van der Waals surface area contributed by atoms with Crippen molar-refractivity contribution in [2.45, 2.75) is 32.0 Å². The highest BCUT2D eigenvalue weighted by Gasteiger charge is 2.38. The Morgan fingerprint density at radius 2 is 2.00 bits per heavy atom. The van der Waals surface area contributed by atoms with Crippen molar-refractivity contribution in [1.29, 1.82) is 0 Å². The predicted molar refractivity (Wildman–Crippen MR) is 119 cm³/mol. The molecule has 12 heteroatoms. The van der Waals surface area contributed by atoms with Crippen molar-refractivity contribution in [2.24, 2.45) is 0 Å². The molecule has 1 unspecified atom stereocenters. The zero-order valence-corrected chi connectivity index (χ0v) is 19.2. The van der Waals surface area contributed by atoms with E-state index < -0.39 is 12.1 Å². The van der Waals surface area contributed by atoms with Crippen LogP contribution in [0.3, 0.4) is 0 Å². The number of morpholine rings is 1. The molecule has 1 aliphatic rings. The van der Waals surface area contributed by atoms with Crippen LogP contribution in [0.15, 0.2) is 42.7 Å². The van der Waals surface area contributed by atoms with Crippen molar-refractivity contribution in [3.63, 3.8) is 0 Å². The van der Waals surface area contributed by atoms with Gasteiger partial charge in [-0.1, -0.05) is 13.0 Å². The number of carbonyl (C=O) groups is 2. The molecule has 1 saturated heterocycles. The number of fused-ring (bicyclic) bond motifs is 1. The van der Waals surface area contributed by atoms with Crippen LogP contribution in [0.5, 0.6) is 5.88 Å². The molecule has 0 radical (unpaired) electrons. The summed E-state index contributed by atoms with van der Waals surface area (Å²) in [6, 6.07) is 9.79. The summed E-state index contributed by atoms with van der Waals surface area (Å²) in [4.78, 5) is 32.1. The van der Waals surface area contributed by atoms with E-state index in [0.29, 0.717) is 32.0 Å². The Hall–Kier alpha value is -3.67. The van der Waals surface area contributed by atoms with Gasteiger partial charge in [0, 0.05) is 37.0 Å². The Balaban J connectivity index is 0.000000429. The molecule has 0 spiro atoms. The van der Waals surface area contributed by atoms with E-state index in [9.17, 15) is 18.0 Å². The van der Waals surface area contributed by atoms with E-state index in [1.165, 1.54) is 0 Å². The quantitative estimate of drug-likeness (QED) is 0.576. The minimum absolute atomic E-state index is 0.185. The SMILES string of the molecule is CCCC(=O)N1CCOC(c2cn3c(-c4ccc(OC)nc4)cccc3n2)C1.O=C(O)C(F)(F)F. The molecule has 1 N–H and O–H groups in total. The number of hydrogen-bond donors (Lipinski definition) is 1. The monoisotopic (exact) mass is 494 g/mol. The third-order valence-corrected chi connectivity index (χ3v) is 5.21. The number of imidazole rings is 1. The molecule has 3 aromatic heterocycles. The van der Waals surface area contributed by atoms with Crippen molar-refractivity contribution in [3.8, 4) is 17.1 Å². The lowest BCUT2D eigenvalue weighted by Gasteiger charge is -2.32. The molecule has 1 amide bonds. The maximum Gasteiger partial charge on any atom is 0.490 e. The summed E-state index contributed by atoms with van der Waals surface area (Å²) in [7, 11) is 1.60. The van der Waals surface area contributed by atoms with Crippen LogP contribution < -0.4 is 4.74 Å². The molecule has 1 aliphatic heterocycles. The van der Waals surface area contributed by atoms with Crippen LogP contribution in [-0.2, 0) is 14.3 Å². The van der Waals surface area contributed by atoms with Gasteiger partial charge >= 0.3 is 12.1 Å². The lowest BCUT2D eigenvalue weighted by atomic mass is 10.2. The number of hydrogen-bond acceptors (Lipinski definition) is 6. The van der Waals surface area contributed by atoms with Crippen molar-refractivity contribution >= 4 is 17.5 Å². The molecule has 1 atom stereocenters. The van der Waals surface area contributed by atoms with E-state index in [-0.39, 0.29) is 12.0 Å². The van der Waals surface area contributed by atoms with Crippen molar-refractivity contribution in [2.75, 3.05) is 26.8 Å². The Bertz CT molecular complexity index is 1160. The van der Waals surface area contributed by atoms with E-state index in [4.69, 9.17) is 24.4 Å². The number of halogens is 3. The van der Waals surface area contributed by atoms with Crippen LogP contribution in [0.25, 0.3) is 16.9 Å². The van der Waals surface area contributed by atoms with Crippen molar-refractivity contribution in [1.82, 2.24) is 19.3 Å². The van der Waals surface area contributed by atoms with E-state index in [0.717, 1.165) is 29.0 Å². The Morgan fingerprint density at radius 1 is 1.26 bits per heavy atom. The number of carbonyl (C=O) groups excluding carboxylic acids is 1. The first-order chi connectivity index (χ1) is 16.6. The lowest BCUT2D eigenvalue weighted by molar-refractivity contribution is -0.192. The third-order valence-electron chi connectivity index (χ3n) is 5.21. The number of pyridine rings is 2. The van der Waals surface area contributed by atoms with Crippen LogP contribution in [0.2, 0.25) is 0 Å². The summed E-state index contributed by atoms with van der Waals surface area (Å²) in [5.41, 5.74) is 3.63. The standard InChI is InChI=1S/C21H24N4O3.C2HF3O2/c1-3-5-21(26)24-10-11-28-18(14-24)16-13-25-17(6-4-7-19(25)23-16)15-8-9-20(27-2)22-12-15;3-2(4,5)1(6)7/h4,6-9,12-13,18H,3,5,10-11,14H2,1-2H3;(H,6,7). The highest BCUT2D eigenvalue weighted by molar-refractivity contribution is 5.76. The number of amides is 1. The third kappa shape index (κ3) is 6.47. The topological polar surface area (TPSA) is 106 Å². The first-order valence-corrected chi connectivity index (χ1v) is 10.8. The molecular weight excluding hydrogens is 469 g/mol. The van der Waals surface area contributed by atoms with Crippen LogP contribution >= 0.6 is 0 Å². The maximum absolute atomic E-state index is 12.3. The number of aromatic nitrogens is 3.